The summed E-state index contributed by atoms with van der Waals surface area (Å²) < 4.78 is 0. The number of hydrogen-bond acceptors (Lipinski definition) is 1. The zero-order valence-electron chi connectivity index (χ0n) is 11.5. The van der Waals surface area contributed by atoms with E-state index in [1.54, 1.807) is 12.1 Å². The van der Waals surface area contributed by atoms with E-state index < -0.39 is 0 Å². The van der Waals surface area contributed by atoms with Crippen LogP contribution in [0.25, 0.3) is 6.08 Å². The van der Waals surface area contributed by atoms with E-state index in [1.807, 2.05) is 50.2 Å². The van der Waals surface area contributed by atoms with Gasteiger partial charge in [0.15, 0.2) is 0 Å². The fourth-order valence-electron chi connectivity index (χ4n) is 1.96. The number of halogens is 1. The largest absolute Gasteiger partial charge is 0.322 e. The first kappa shape index (κ1) is 14.4. The topological polar surface area (TPSA) is 29.1 Å². The summed E-state index contributed by atoms with van der Waals surface area (Å²) in [6.45, 7) is 3.95. The van der Waals surface area contributed by atoms with Crippen LogP contribution in [0, 0.1) is 13.8 Å². The van der Waals surface area contributed by atoms with Crippen LogP contribution in [0.4, 0.5) is 5.69 Å². The van der Waals surface area contributed by atoms with Gasteiger partial charge in [0, 0.05) is 16.8 Å². The number of rotatable bonds is 3. The van der Waals surface area contributed by atoms with Crippen molar-refractivity contribution in [1.29, 1.82) is 0 Å². The number of carbonyl (C=O) groups is 1. The average Bonchev–Trinajstić information content (AvgIpc) is 2.41. The van der Waals surface area contributed by atoms with Gasteiger partial charge in [-0.2, -0.15) is 0 Å². The Morgan fingerprint density at radius 1 is 1.10 bits per heavy atom. The van der Waals surface area contributed by atoms with Crippen molar-refractivity contribution in [2.24, 2.45) is 0 Å². The molecule has 102 valence electrons. The number of anilines is 1. The van der Waals surface area contributed by atoms with Crippen molar-refractivity contribution >= 4 is 29.3 Å². The smallest absolute Gasteiger partial charge is 0.248 e. The highest BCUT2D eigenvalue weighted by Gasteiger charge is 2.04. The van der Waals surface area contributed by atoms with Crippen LogP contribution in [0.1, 0.15) is 16.7 Å². The van der Waals surface area contributed by atoms with Crippen LogP contribution in [-0.2, 0) is 4.79 Å². The number of hydrogen-bond donors (Lipinski definition) is 1. The fraction of sp³-hybridized carbons (Fsp3) is 0.118. The first-order valence-electron chi connectivity index (χ1n) is 6.37. The SMILES string of the molecule is Cc1cccc(C)c1NC(=O)C=Cc1cccc(Cl)c1. The van der Waals surface area contributed by atoms with Crippen molar-refractivity contribution in [2.75, 3.05) is 5.32 Å². The van der Waals surface area contributed by atoms with Gasteiger partial charge in [-0.1, -0.05) is 41.9 Å². The Morgan fingerprint density at radius 2 is 1.75 bits per heavy atom. The van der Waals surface area contributed by atoms with E-state index in [2.05, 4.69) is 5.32 Å². The third kappa shape index (κ3) is 3.72. The molecule has 0 saturated heterocycles. The maximum absolute atomic E-state index is 11.9. The summed E-state index contributed by atoms with van der Waals surface area (Å²) in [6.07, 6.45) is 3.26. The number of carbonyl (C=O) groups excluding carboxylic acids is 1. The third-order valence-corrected chi connectivity index (χ3v) is 3.24. The highest BCUT2D eigenvalue weighted by atomic mass is 35.5. The lowest BCUT2D eigenvalue weighted by Crippen LogP contribution is -2.10. The lowest BCUT2D eigenvalue weighted by molar-refractivity contribution is -0.111. The van der Waals surface area contributed by atoms with E-state index in [0.29, 0.717) is 5.02 Å². The first-order chi connectivity index (χ1) is 9.56. The molecule has 0 spiro atoms. The molecule has 2 aromatic carbocycles. The van der Waals surface area contributed by atoms with Gasteiger partial charge in [0.2, 0.25) is 5.91 Å². The lowest BCUT2D eigenvalue weighted by Gasteiger charge is -2.09. The Hall–Kier alpha value is -2.06. The van der Waals surface area contributed by atoms with Crippen LogP contribution >= 0.6 is 11.6 Å². The number of nitrogens with one attached hydrogen (secondary N) is 1. The van der Waals surface area contributed by atoms with E-state index in [-0.39, 0.29) is 5.91 Å². The molecule has 2 aromatic rings. The first-order valence-corrected chi connectivity index (χ1v) is 6.75. The number of aryl methyl sites for hydroxylation is 2. The summed E-state index contributed by atoms with van der Waals surface area (Å²) in [6, 6.07) is 13.3. The molecule has 1 amide bonds. The van der Waals surface area contributed by atoms with Crippen LogP contribution in [0.2, 0.25) is 5.02 Å². The van der Waals surface area contributed by atoms with E-state index in [1.165, 1.54) is 6.08 Å². The van der Waals surface area contributed by atoms with Gasteiger partial charge in [0.1, 0.15) is 0 Å². The molecule has 2 nitrogen and oxygen atoms in total. The van der Waals surface area contributed by atoms with Crippen molar-refractivity contribution in [2.45, 2.75) is 13.8 Å². The molecule has 3 heteroatoms. The fourth-order valence-corrected chi connectivity index (χ4v) is 2.16. The van der Waals surface area contributed by atoms with Crippen LogP contribution in [0.5, 0.6) is 0 Å². The van der Waals surface area contributed by atoms with Crippen molar-refractivity contribution in [3.63, 3.8) is 0 Å². The maximum atomic E-state index is 11.9. The van der Waals surface area contributed by atoms with E-state index in [4.69, 9.17) is 11.6 Å². The zero-order valence-corrected chi connectivity index (χ0v) is 12.2. The van der Waals surface area contributed by atoms with Crippen LogP contribution < -0.4 is 5.32 Å². The molecule has 0 aromatic heterocycles. The minimum Gasteiger partial charge on any atom is -0.322 e. The van der Waals surface area contributed by atoms with Gasteiger partial charge < -0.3 is 5.32 Å². The molecule has 0 bridgehead atoms. The van der Waals surface area contributed by atoms with Gasteiger partial charge in [-0.05, 0) is 48.7 Å². The van der Waals surface area contributed by atoms with E-state index in [0.717, 1.165) is 22.4 Å². The summed E-state index contributed by atoms with van der Waals surface area (Å²) in [5, 5.41) is 3.56. The van der Waals surface area contributed by atoms with Gasteiger partial charge in [0.25, 0.3) is 0 Å². The van der Waals surface area contributed by atoms with Gasteiger partial charge in [-0.25, -0.2) is 0 Å². The number of benzene rings is 2. The number of amides is 1. The van der Waals surface area contributed by atoms with Crippen molar-refractivity contribution in [3.05, 3.63) is 70.3 Å². The minimum atomic E-state index is -0.151. The van der Waals surface area contributed by atoms with Crippen molar-refractivity contribution in [3.8, 4) is 0 Å². The second-order valence-corrected chi connectivity index (χ2v) is 5.08. The van der Waals surface area contributed by atoms with Crippen molar-refractivity contribution < 1.29 is 4.79 Å². The molecule has 0 aliphatic rings. The zero-order chi connectivity index (χ0) is 14.5. The number of para-hydroxylation sites is 1. The molecule has 0 unspecified atom stereocenters. The normalized spacial score (nSPS) is 10.8. The highest BCUT2D eigenvalue weighted by Crippen LogP contribution is 2.19. The van der Waals surface area contributed by atoms with Gasteiger partial charge in [0.05, 0.1) is 0 Å². The molecule has 2 rings (SSSR count). The molecule has 0 aliphatic carbocycles. The van der Waals surface area contributed by atoms with E-state index in [9.17, 15) is 4.79 Å². The van der Waals surface area contributed by atoms with Gasteiger partial charge >= 0.3 is 0 Å². The predicted octanol–water partition coefficient (Wildman–Crippen LogP) is 4.61. The molecule has 1 N–H and O–H groups in total. The van der Waals surface area contributed by atoms with E-state index >= 15 is 0 Å². The molecular formula is C17H16ClNO. The summed E-state index contributed by atoms with van der Waals surface area (Å²) in [7, 11) is 0. The summed E-state index contributed by atoms with van der Waals surface area (Å²) >= 11 is 5.90. The maximum Gasteiger partial charge on any atom is 0.248 e. The average molecular weight is 286 g/mol. The molecular weight excluding hydrogens is 270 g/mol. The summed E-state index contributed by atoms with van der Waals surface area (Å²) in [5.41, 5.74) is 3.87. The molecule has 0 radical (unpaired) electrons. The summed E-state index contributed by atoms with van der Waals surface area (Å²) in [5.74, 6) is -0.151. The van der Waals surface area contributed by atoms with Crippen LogP contribution in [0.3, 0.4) is 0 Å². The molecule has 0 aliphatic heterocycles. The van der Waals surface area contributed by atoms with Crippen LogP contribution in [-0.4, -0.2) is 5.91 Å². The van der Waals surface area contributed by atoms with Gasteiger partial charge in [-0.3, -0.25) is 4.79 Å². The Balaban J connectivity index is 2.10. The second kappa shape index (κ2) is 6.40. The Bertz CT molecular complexity index is 642. The molecule has 0 atom stereocenters. The minimum absolute atomic E-state index is 0.151. The molecule has 0 saturated carbocycles. The summed E-state index contributed by atoms with van der Waals surface area (Å²) in [4.78, 5) is 11.9. The standard InChI is InChI=1S/C17H16ClNO/c1-12-5-3-6-13(2)17(12)19-16(20)10-9-14-7-4-8-15(18)11-14/h3-11H,1-2H3,(H,19,20). The Labute approximate surface area is 124 Å². The molecule has 0 heterocycles. The molecule has 0 fully saturated rings. The Kier molecular flexibility index (Phi) is 4.59. The third-order valence-electron chi connectivity index (χ3n) is 3.01. The van der Waals surface area contributed by atoms with Gasteiger partial charge in [-0.15, -0.1) is 0 Å². The predicted molar refractivity (Wildman–Crippen MR) is 85.0 cm³/mol. The molecule has 20 heavy (non-hydrogen) atoms. The Morgan fingerprint density at radius 3 is 2.40 bits per heavy atom. The monoisotopic (exact) mass is 285 g/mol. The highest BCUT2D eigenvalue weighted by molar-refractivity contribution is 6.30. The lowest BCUT2D eigenvalue weighted by atomic mass is 10.1. The quantitative estimate of drug-likeness (QED) is 0.820. The van der Waals surface area contributed by atoms with Crippen molar-refractivity contribution in [1.82, 2.24) is 0 Å². The van der Waals surface area contributed by atoms with Crippen LogP contribution in [0.15, 0.2) is 48.5 Å². The second-order valence-electron chi connectivity index (χ2n) is 4.64.